The molecule has 2 heterocycles. The monoisotopic (exact) mass is 344 g/mol. The lowest BCUT2D eigenvalue weighted by molar-refractivity contribution is -0.125. The van der Waals surface area contributed by atoms with E-state index >= 15 is 0 Å². The molecule has 1 aliphatic heterocycles. The lowest BCUT2D eigenvalue weighted by Crippen LogP contribution is -2.29. The summed E-state index contributed by atoms with van der Waals surface area (Å²) in [5, 5.41) is 0. The van der Waals surface area contributed by atoms with E-state index in [-0.39, 0.29) is 10.7 Å². The van der Waals surface area contributed by atoms with Crippen molar-refractivity contribution in [3.63, 3.8) is 0 Å². The van der Waals surface area contributed by atoms with Gasteiger partial charge in [-0.3, -0.25) is 4.79 Å². The van der Waals surface area contributed by atoms with E-state index in [0.717, 1.165) is 6.26 Å². The van der Waals surface area contributed by atoms with Crippen LogP contribution in [-0.2, 0) is 19.4 Å². The Hall–Kier alpha value is -2.54. The zero-order valence-electron chi connectivity index (χ0n) is 13.5. The third-order valence-electron chi connectivity index (χ3n) is 3.75. The number of nitrogens with zero attached hydrogens (tertiary/aromatic N) is 2. The molecule has 1 aromatic carbocycles. The average Bonchev–Trinajstić information content (AvgIpc) is 2.78. The Balaban J connectivity index is 2.15. The smallest absolute Gasteiger partial charge is 0.210 e. The highest BCUT2D eigenvalue weighted by Gasteiger charge is 2.43. The van der Waals surface area contributed by atoms with Crippen LogP contribution in [0.3, 0.4) is 0 Å². The van der Waals surface area contributed by atoms with E-state index in [4.69, 9.17) is 4.74 Å². The molecule has 1 aromatic heterocycles. The minimum absolute atomic E-state index is 0.167. The zero-order valence-corrected chi connectivity index (χ0v) is 14.3. The molecular weight excluding hydrogens is 328 g/mol. The van der Waals surface area contributed by atoms with Crippen LogP contribution in [0, 0.1) is 0 Å². The lowest BCUT2D eigenvalue weighted by Gasteiger charge is -2.17. The van der Waals surface area contributed by atoms with Gasteiger partial charge in [0.05, 0.1) is 10.5 Å². The van der Waals surface area contributed by atoms with Crippen molar-refractivity contribution in [1.29, 1.82) is 0 Å². The molecule has 0 aliphatic carbocycles. The number of sulfone groups is 1. The van der Waals surface area contributed by atoms with Gasteiger partial charge in [-0.2, -0.15) is 0 Å². The maximum atomic E-state index is 12.7. The number of hydrogen-bond acceptors (Lipinski definition) is 6. The number of carbonyl (C=O) groups excluding carboxylic acids is 1. The van der Waals surface area contributed by atoms with Gasteiger partial charge in [0.15, 0.2) is 15.4 Å². The molecule has 0 amide bonds. The van der Waals surface area contributed by atoms with Crippen LogP contribution in [0.2, 0.25) is 0 Å². The maximum absolute atomic E-state index is 12.7. The van der Waals surface area contributed by atoms with Gasteiger partial charge in [0.2, 0.25) is 5.78 Å². The molecule has 0 saturated heterocycles. The van der Waals surface area contributed by atoms with Crippen LogP contribution in [-0.4, -0.2) is 36.0 Å². The SMILES string of the molecule is CC1(C)OC(c2ccc(S(C)(=O)=O)cc2)=C(c2cncnc2)C1=O. The molecule has 0 atom stereocenters. The number of aromatic nitrogens is 2. The summed E-state index contributed by atoms with van der Waals surface area (Å²) in [6, 6.07) is 6.25. The van der Waals surface area contributed by atoms with Crippen molar-refractivity contribution < 1.29 is 17.9 Å². The Morgan fingerprint density at radius 1 is 1.00 bits per heavy atom. The molecule has 6 nitrogen and oxygen atoms in total. The van der Waals surface area contributed by atoms with E-state index in [2.05, 4.69) is 9.97 Å². The van der Waals surface area contributed by atoms with Crippen molar-refractivity contribution in [2.45, 2.75) is 24.3 Å². The topological polar surface area (TPSA) is 86.2 Å². The van der Waals surface area contributed by atoms with Crippen LogP contribution in [0.4, 0.5) is 0 Å². The second-order valence-corrected chi connectivity index (χ2v) is 8.09. The second-order valence-electron chi connectivity index (χ2n) is 6.07. The molecule has 7 heteroatoms. The minimum Gasteiger partial charge on any atom is -0.478 e. The van der Waals surface area contributed by atoms with Gasteiger partial charge in [-0.05, 0) is 38.1 Å². The fourth-order valence-electron chi connectivity index (χ4n) is 2.50. The van der Waals surface area contributed by atoms with Crippen LogP contribution >= 0.6 is 0 Å². The first-order chi connectivity index (χ1) is 11.2. The third kappa shape index (κ3) is 2.82. The van der Waals surface area contributed by atoms with Crippen molar-refractivity contribution in [2.24, 2.45) is 0 Å². The van der Waals surface area contributed by atoms with E-state index in [1.165, 1.54) is 18.5 Å². The molecule has 24 heavy (non-hydrogen) atoms. The van der Waals surface area contributed by atoms with E-state index in [9.17, 15) is 13.2 Å². The Kier molecular flexibility index (Phi) is 3.76. The van der Waals surface area contributed by atoms with Crippen molar-refractivity contribution in [2.75, 3.05) is 6.26 Å². The highest BCUT2D eigenvalue weighted by atomic mass is 32.2. The average molecular weight is 344 g/mol. The predicted octanol–water partition coefficient (Wildman–Crippen LogP) is 2.13. The molecule has 0 saturated carbocycles. The largest absolute Gasteiger partial charge is 0.478 e. The van der Waals surface area contributed by atoms with Gasteiger partial charge in [0.25, 0.3) is 0 Å². The summed E-state index contributed by atoms with van der Waals surface area (Å²) in [6.45, 7) is 3.38. The molecular formula is C17H16N2O4S. The van der Waals surface area contributed by atoms with E-state index < -0.39 is 15.4 Å². The molecule has 0 N–H and O–H groups in total. The van der Waals surface area contributed by atoms with Crippen LogP contribution < -0.4 is 0 Å². The zero-order chi connectivity index (χ0) is 17.5. The predicted molar refractivity (Wildman–Crippen MR) is 88.6 cm³/mol. The second kappa shape index (κ2) is 5.52. The van der Waals surface area contributed by atoms with Gasteiger partial charge in [-0.25, -0.2) is 18.4 Å². The molecule has 0 unspecified atom stereocenters. The Bertz CT molecular complexity index is 930. The fourth-order valence-corrected chi connectivity index (χ4v) is 3.13. The number of ketones is 1. The molecule has 1 aliphatic rings. The Morgan fingerprint density at radius 2 is 1.58 bits per heavy atom. The lowest BCUT2D eigenvalue weighted by atomic mass is 9.94. The minimum atomic E-state index is -3.29. The third-order valence-corrected chi connectivity index (χ3v) is 4.88. The number of rotatable bonds is 3. The van der Waals surface area contributed by atoms with Crippen molar-refractivity contribution >= 4 is 27.0 Å². The number of ether oxygens (including phenoxy) is 1. The number of Topliss-reactive ketones (excluding diaryl/α,β-unsaturated/α-hetero) is 1. The molecule has 0 fully saturated rings. The molecule has 124 valence electrons. The van der Waals surface area contributed by atoms with Gasteiger partial charge in [0.1, 0.15) is 12.1 Å². The standard InChI is InChI=1S/C17H16N2O4S/c1-17(2)16(20)14(12-8-18-10-19-9-12)15(23-17)11-4-6-13(7-5-11)24(3,21)22/h4-10H,1-3H3. The molecule has 0 spiro atoms. The molecule has 2 aromatic rings. The summed E-state index contributed by atoms with van der Waals surface area (Å²) < 4.78 is 29.0. The molecule has 0 bridgehead atoms. The van der Waals surface area contributed by atoms with Gasteiger partial charge in [0, 0.05) is 29.8 Å². The summed E-state index contributed by atoms with van der Waals surface area (Å²) in [4.78, 5) is 20.8. The van der Waals surface area contributed by atoms with Crippen molar-refractivity contribution in [3.05, 3.63) is 54.1 Å². The van der Waals surface area contributed by atoms with Crippen molar-refractivity contribution in [3.8, 4) is 0 Å². The van der Waals surface area contributed by atoms with Crippen LogP contribution in [0.5, 0.6) is 0 Å². The summed E-state index contributed by atoms with van der Waals surface area (Å²) >= 11 is 0. The van der Waals surface area contributed by atoms with Gasteiger partial charge < -0.3 is 4.74 Å². The number of carbonyl (C=O) groups is 1. The quantitative estimate of drug-likeness (QED) is 0.848. The Labute approximate surface area is 140 Å². The first-order valence-corrected chi connectivity index (χ1v) is 9.13. The summed E-state index contributed by atoms with van der Waals surface area (Å²) in [5.41, 5.74) is 0.582. The highest BCUT2D eigenvalue weighted by molar-refractivity contribution is 7.90. The molecule has 3 rings (SSSR count). The van der Waals surface area contributed by atoms with Gasteiger partial charge in [-0.15, -0.1) is 0 Å². The van der Waals surface area contributed by atoms with Gasteiger partial charge in [-0.1, -0.05) is 0 Å². The summed E-state index contributed by atoms with van der Waals surface area (Å²) in [6.07, 6.45) is 5.63. The maximum Gasteiger partial charge on any atom is 0.210 e. The summed E-state index contributed by atoms with van der Waals surface area (Å²) in [7, 11) is -3.29. The summed E-state index contributed by atoms with van der Waals surface area (Å²) in [5.74, 6) is 0.236. The number of hydrogen-bond donors (Lipinski definition) is 0. The first-order valence-electron chi connectivity index (χ1n) is 7.24. The van der Waals surface area contributed by atoms with Crippen LogP contribution in [0.15, 0.2) is 47.9 Å². The van der Waals surface area contributed by atoms with E-state index in [1.807, 2.05) is 0 Å². The first kappa shape index (κ1) is 16.3. The van der Waals surface area contributed by atoms with Gasteiger partial charge >= 0.3 is 0 Å². The fraction of sp³-hybridized carbons (Fsp3) is 0.235. The molecule has 0 radical (unpaired) electrons. The highest BCUT2D eigenvalue weighted by Crippen LogP contribution is 2.40. The van der Waals surface area contributed by atoms with Crippen LogP contribution in [0.1, 0.15) is 25.0 Å². The normalized spacial score (nSPS) is 17.0. The number of benzene rings is 1. The van der Waals surface area contributed by atoms with Crippen molar-refractivity contribution in [1.82, 2.24) is 9.97 Å². The Morgan fingerprint density at radius 3 is 2.12 bits per heavy atom. The van der Waals surface area contributed by atoms with Crippen LogP contribution in [0.25, 0.3) is 11.3 Å². The van der Waals surface area contributed by atoms with E-state index in [0.29, 0.717) is 22.5 Å². The van der Waals surface area contributed by atoms with E-state index in [1.54, 1.807) is 38.4 Å².